The van der Waals surface area contributed by atoms with Gasteiger partial charge in [-0.3, -0.25) is 0 Å². The van der Waals surface area contributed by atoms with Gasteiger partial charge in [-0.1, -0.05) is 25.1 Å². The van der Waals surface area contributed by atoms with Gasteiger partial charge in [-0.05, 0) is 42.5 Å². The van der Waals surface area contributed by atoms with Gasteiger partial charge in [0.15, 0.2) is 0 Å². The Hall–Kier alpha value is -1.32. The molecule has 0 aliphatic carbocycles. The molecule has 0 spiro atoms. The molecule has 1 aromatic heterocycles. The molecule has 0 amide bonds. The summed E-state index contributed by atoms with van der Waals surface area (Å²) in [6.07, 6.45) is 1.03. The number of benzene rings is 1. The normalized spacial score (nSPS) is 14.3. The third-order valence-electron chi connectivity index (χ3n) is 3.12. The third kappa shape index (κ3) is 3.12. The maximum Gasteiger partial charge on any atom is 0.115 e. The number of phenols is 1. The Bertz CT molecular complexity index is 464. The molecule has 0 bridgehead atoms. The van der Waals surface area contributed by atoms with E-state index in [9.17, 15) is 5.11 Å². The van der Waals surface area contributed by atoms with Crippen molar-refractivity contribution in [1.82, 2.24) is 5.32 Å². The van der Waals surface area contributed by atoms with E-state index in [0.29, 0.717) is 17.8 Å². The summed E-state index contributed by atoms with van der Waals surface area (Å²) in [7, 11) is 0. The van der Waals surface area contributed by atoms with Crippen LogP contribution in [-0.2, 0) is 0 Å². The minimum atomic E-state index is 0.319. The Morgan fingerprint density at radius 2 is 1.94 bits per heavy atom. The van der Waals surface area contributed by atoms with Crippen LogP contribution in [0.2, 0.25) is 0 Å². The minimum Gasteiger partial charge on any atom is -0.508 e. The van der Waals surface area contributed by atoms with Gasteiger partial charge in [-0.15, -0.1) is 11.3 Å². The average molecular weight is 261 g/mol. The first-order chi connectivity index (χ1) is 8.70. The van der Waals surface area contributed by atoms with Crippen molar-refractivity contribution in [3.63, 3.8) is 0 Å². The van der Waals surface area contributed by atoms with Crippen LogP contribution in [0.3, 0.4) is 0 Å². The predicted molar refractivity (Wildman–Crippen MR) is 77.0 cm³/mol. The zero-order chi connectivity index (χ0) is 13.0. The first-order valence-corrected chi connectivity index (χ1v) is 7.17. The molecule has 3 heteroatoms. The summed E-state index contributed by atoms with van der Waals surface area (Å²) in [5.74, 6) is 0.319. The van der Waals surface area contributed by atoms with E-state index >= 15 is 0 Å². The molecule has 96 valence electrons. The van der Waals surface area contributed by atoms with Crippen LogP contribution in [0.25, 0.3) is 0 Å². The van der Waals surface area contributed by atoms with E-state index in [4.69, 9.17) is 0 Å². The van der Waals surface area contributed by atoms with Gasteiger partial charge < -0.3 is 10.4 Å². The molecule has 2 rings (SSSR count). The minimum absolute atomic E-state index is 0.319. The van der Waals surface area contributed by atoms with Gasteiger partial charge in [-0.2, -0.15) is 0 Å². The number of aromatic hydroxyl groups is 1. The van der Waals surface area contributed by atoms with E-state index < -0.39 is 0 Å². The molecule has 2 N–H and O–H groups in total. The van der Waals surface area contributed by atoms with Crippen molar-refractivity contribution in [2.24, 2.45) is 0 Å². The van der Waals surface area contributed by atoms with Crippen LogP contribution in [0.5, 0.6) is 5.75 Å². The fraction of sp³-hybridized carbons (Fsp3) is 0.333. The molecule has 0 aliphatic rings. The highest BCUT2D eigenvalue weighted by atomic mass is 32.1. The van der Waals surface area contributed by atoms with Crippen LogP contribution in [0.4, 0.5) is 0 Å². The summed E-state index contributed by atoms with van der Waals surface area (Å²) >= 11 is 1.78. The van der Waals surface area contributed by atoms with E-state index in [0.717, 1.165) is 6.42 Å². The second kappa shape index (κ2) is 6.03. The molecule has 0 saturated heterocycles. The topological polar surface area (TPSA) is 32.3 Å². The fourth-order valence-electron chi connectivity index (χ4n) is 2.08. The summed E-state index contributed by atoms with van der Waals surface area (Å²) in [4.78, 5) is 1.35. The van der Waals surface area contributed by atoms with Crippen molar-refractivity contribution >= 4 is 11.3 Å². The number of hydrogen-bond acceptors (Lipinski definition) is 3. The first kappa shape index (κ1) is 13.1. The highest BCUT2D eigenvalue weighted by molar-refractivity contribution is 7.10. The number of hydrogen-bond donors (Lipinski definition) is 2. The van der Waals surface area contributed by atoms with Crippen LogP contribution < -0.4 is 5.32 Å². The molecule has 2 aromatic rings. The molecular formula is C15H19NOS. The average Bonchev–Trinajstić information content (AvgIpc) is 2.91. The summed E-state index contributed by atoms with van der Waals surface area (Å²) in [6.45, 7) is 4.36. The lowest BCUT2D eigenvalue weighted by molar-refractivity contribution is 0.456. The van der Waals surface area contributed by atoms with Gasteiger partial charge >= 0.3 is 0 Å². The van der Waals surface area contributed by atoms with E-state index in [2.05, 4.69) is 36.7 Å². The number of thiophene rings is 1. The Morgan fingerprint density at radius 3 is 2.50 bits per heavy atom. The fourth-order valence-corrected chi connectivity index (χ4v) is 2.82. The van der Waals surface area contributed by atoms with Gasteiger partial charge in [0.25, 0.3) is 0 Å². The number of rotatable bonds is 5. The van der Waals surface area contributed by atoms with Crippen LogP contribution in [-0.4, -0.2) is 5.11 Å². The van der Waals surface area contributed by atoms with Gasteiger partial charge in [0, 0.05) is 17.0 Å². The Labute approximate surface area is 112 Å². The molecule has 18 heavy (non-hydrogen) atoms. The first-order valence-electron chi connectivity index (χ1n) is 6.29. The number of nitrogens with one attached hydrogen (secondary N) is 1. The molecule has 1 unspecified atom stereocenters. The highest BCUT2D eigenvalue weighted by Crippen LogP contribution is 2.25. The van der Waals surface area contributed by atoms with Crippen molar-refractivity contribution in [2.75, 3.05) is 0 Å². The Balaban J connectivity index is 2.07. The van der Waals surface area contributed by atoms with Gasteiger partial charge in [0.05, 0.1) is 0 Å². The third-order valence-corrected chi connectivity index (χ3v) is 4.18. The maximum absolute atomic E-state index is 9.32. The summed E-state index contributed by atoms with van der Waals surface area (Å²) in [5.41, 5.74) is 1.22. The van der Waals surface area contributed by atoms with Gasteiger partial charge in [0.1, 0.15) is 5.75 Å². The summed E-state index contributed by atoms with van der Waals surface area (Å²) < 4.78 is 0. The van der Waals surface area contributed by atoms with Crippen LogP contribution in [0.15, 0.2) is 41.8 Å². The summed E-state index contributed by atoms with van der Waals surface area (Å²) in [5, 5.41) is 15.1. The summed E-state index contributed by atoms with van der Waals surface area (Å²) in [6, 6.07) is 12.4. The van der Waals surface area contributed by atoms with E-state index in [-0.39, 0.29) is 0 Å². The van der Waals surface area contributed by atoms with Crippen LogP contribution >= 0.6 is 11.3 Å². The lowest BCUT2D eigenvalue weighted by atomic mass is 10.0. The molecule has 0 radical (unpaired) electrons. The molecule has 1 heterocycles. The van der Waals surface area contributed by atoms with E-state index in [1.807, 2.05) is 12.1 Å². The van der Waals surface area contributed by atoms with E-state index in [1.165, 1.54) is 10.4 Å². The zero-order valence-corrected chi connectivity index (χ0v) is 11.6. The SMILES string of the molecule is CCC(N[C@@H](C)c1cccs1)c1ccc(O)cc1. The Morgan fingerprint density at radius 1 is 1.22 bits per heavy atom. The molecule has 2 nitrogen and oxygen atoms in total. The second-order valence-corrected chi connectivity index (χ2v) is 5.44. The standard InChI is InChI=1S/C15H19NOS/c1-3-14(12-6-8-13(17)9-7-12)16-11(2)15-5-4-10-18-15/h4-11,14,16-17H,3H2,1-2H3/t11-,14?/m0/s1. The van der Waals surface area contributed by atoms with Gasteiger partial charge in [-0.25, -0.2) is 0 Å². The van der Waals surface area contributed by atoms with E-state index in [1.54, 1.807) is 23.5 Å². The van der Waals surface area contributed by atoms with Crippen molar-refractivity contribution in [2.45, 2.75) is 32.4 Å². The van der Waals surface area contributed by atoms with Crippen molar-refractivity contribution in [3.05, 3.63) is 52.2 Å². The van der Waals surface area contributed by atoms with Crippen molar-refractivity contribution in [1.29, 1.82) is 0 Å². The second-order valence-electron chi connectivity index (χ2n) is 4.46. The van der Waals surface area contributed by atoms with Crippen LogP contribution in [0.1, 0.15) is 42.8 Å². The lowest BCUT2D eigenvalue weighted by Gasteiger charge is -2.22. The molecule has 1 aromatic carbocycles. The quantitative estimate of drug-likeness (QED) is 0.843. The Kier molecular flexibility index (Phi) is 4.39. The number of phenolic OH excluding ortho intramolecular Hbond substituents is 1. The maximum atomic E-state index is 9.32. The highest BCUT2D eigenvalue weighted by Gasteiger charge is 2.14. The molecule has 0 saturated carbocycles. The monoisotopic (exact) mass is 261 g/mol. The van der Waals surface area contributed by atoms with Gasteiger partial charge in [0.2, 0.25) is 0 Å². The van der Waals surface area contributed by atoms with Crippen LogP contribution in [0, 0.1) is 0 Å². The largest absolute Gasteiger partial charge is 0.508 e. The molecule has 0 aliphatic heterocycles. The molecule has 2 atom stereocenters. The van der Waals surface area contributed by atoms with Crippen molar-refractivity contribution in [3.8, 4) is 5.75 Å². The zero-order valence-electron chi connectivity index (χ0n) is 10.8. The molecule has 0 fully saturated rings. The smallest absolute Gasteiger partial charge is 0.115 e. The lowest BCUT2D eigenvalue weighted by Crippen LogP contribution is -2.23. The van der Waals surface area contributed by atoms with Crippen molar-refractivity contribution < 1.29 is 5.11 Å². The predicted octanol–water partition coefficient (Wildman–Crippen LogP) is 4.26. The molecular weight excluding hydrogens is 242 g/mol.